The highest BCUT2D eigenvalue weighted by Crippen LogP contribution is 2.31. The summed E-state index contributed by atoms with van der Waals surface area (Å²) in [6.45, 7) is 5.65. The third-order valence-electron chi connectivity index (χ3n) is 3.77. The molecule has 5 heteroatoms. The second-order valence-electron chi connectivity index (χ2n) is 5.01. The number of allylic oxidation sites excluding steroid dienone is 2. The Hall–Kier alpha value is -1.33. The summed E-state index contributed by atoms with van der Waals surface area (Å²) >= 11 is 0. The van der Waals surface area contributed by atoms with Gasteiger partial charge in [-0.3, -0.25) is 4.79 Å². The molecule has 0 spiro atoms. The molecule has 1 aliphatic carbocycles. The van der Waals surface area contributed by atoms with Crippen molar-refractivity contribution < 1.29 is 19.0 Å². The summed E-state index contributed by atoms with van der Waals surface area (Å²) in [6, 6.07) is 0. The predicted octanol–water partition coefficient (Wildman–Crippen LogP) is 0.721. The van der Waals surface area contributed by atoms with Gasteiger partial charge in [-0.1, -0.05) is 12.2 Å². The number of carbonyl (C=O) groups is 1. The van der Waals surface area contributed by atoms with Crippen LogP contribution in [0.2, 0.25) is 0 Å². The zero-order valence-corrected chi connectivity index (χ0v) is 11.1. The molecule has 0 radical (unpaired) electrons. The van der Waals surface area contributed by atoms with Crippen LogP contribution in [-0.2, 0) is 19.0 Å². The number of carbonyl (C=O) groups excluding carboxylic acids is 1. The highest BCUT2D eigenvalue weighted by atomic mass is 16.6. The van der Waals surface area contributed by atoms with Crippen molar-refractivity contribution in [2.24, 2.45) is 5.92 Å². The summed E-state index contributed by atoms with van der Waals surface area (Å²) in [5.41, 5.74) is 1.05. The van der Waals surface area contributed by atoms with E-state index in [0.717, 1.165) is 11.3 Å². The highest BCUT2D eigenvalue weighted by Gasteiger charge is 2.38. The van der Waals surface area contributed by atoms with Gasteiger partial charge in [0.1, 0.15) is 18.5 Å². The van der Waals surface area contributed by atoms with E-state index in [9.17, 15) is 4.79 Å². The molecular weight excluding hydrogens is 246 g/mol. The molecule has 104 valence electrons. The zero-order chi connectivity index (χ0) is 13.2. The van der Waals surface area contributed by atoms with Crippen LogP contribution in [0.5, 0.6) is 0 Å². The first kappa shape index (κ1) is 12.7. The van der Waals surface area contributed by atoms with Gasteiger partial charge in [-0.25, -0.2) is 0 Å². The maximum absolute atomic E-state index is 12.6. The molecule has 0 aromatic heterocycles. The van der Waals surface area contributed by atoms with Crippen LogP contribution in [0.1, 0.15) is 6.92 Å². The van der Waals surface area contributed by atoms with E-state index >= 15 is 0 Å². The van der Waals surface area contributed by atoms with Crippen LogP contribution >= 0.6 is 0 Å². The van der Waals surface area contributed by atoms with E-state index in [0.29, 0.717) is 39.5 Å². The van der Waals surface area contributed by atoms with Crippen molar-refractivity contribution in [1.29, 1.82) is 0 Å². The number of ether oxygens (including phenoxy) is 3. The Kier molecular flexibility index (Phi) is 3.57. The second kappa shape index (κ2) is 5.35. The molecular formula is C14H19NO4. The third-order valence-corrected chi connectivity index (χ3v) is 3.77. The molecule has 0 saturated carbocycles. The lowest BCUT2D eigenvalue weighted by molar-refractivity contribution is -0.146. The van der Waals surface area contributed by atoms with Crippen LogP contribution in [0.4, 0.5) is 0 Å². The second-order valence-corrected chi connectivity index (χ2v) is 5.01. The van der Waals surface area contributed by atoms with Gasteiger partial charge in [0, 0.05) is 13.1 Å². The van der Waals surface area contributed by atoms with Gasteiger partial charge in [-0.2, -0.15) is 0 Å². The van der Waals surface area contributed by atoms with Crippen molar-refractivity contribution >= 4 is 5.91 Å². The molecule has 19 heavy (non-hydrogen) atoms. The zero-order valence-electron chi connectivity index (χ0n) is 11.1. The third kappa shape index (κ3) is 2.40. The standard InChI is InChI=1S/C14H19NO4/c1-10-2-3-11(13-12(10)18-8-9-19-13)14(16)15-4-6-17-7-5-15/h2-3,11,13H,4-9H2,1H3. The van der Waals surface area contributed by atoms with E-state index in [2.05, 4.69) is 0 Å². The quantitative estimate of drug-likeness (QED) is 0.701. The largest absolute Gasteiger partial charge is 0.492 e. The van der Waals surface area contributed by atoms with Crippen molar-refractivity contribution in [3.8, 4) is 0 Å². The number of hydrogen-bond donors (Lipinski definition) is 0. The molecule has 2 saturated heterocycles. The average Bonchev–Trinajstić information content (AvgIpc) is 2.48. The van der Waals surface area contributed by atoms with Crippen LogP contribution in [-0.4, -0.2) is 56.4 Å². The minimum atomic E-state index is -0.267. The first-order valence-corrected chi connectivity index (χ1v) is 6.77. The van der Waals surface area contributed by atoms with E-state index in [1.165, 1.54) is 0 Å². The molecule has 0 bridgehead atoms. The predicted molar refractivity (Wildman–Crippen MR) is 68.4 cm³/mol. The summed E-state index contributed by atoms with van der Waals surface area (Å²) in [4.78, 5) is 14.4. The van der Waals surface area contributed by atoms with E-state index < -0.39 is 0 Å². The molecule has 2 unspecified atom stereocenters. The molecule has 3 aliphatic rings. The average molecular weight is 265 g/mol. The molecule has 3 rings (SSSR count). The Morgan fingerprint density at radius 3 is 2.84 bits per heavy atom. The van der Waals surface area contributed by atoms with Crippen molar-refractivity contribution in [3.63, 3.8) is 0 Å². The smallest absolute Gasteiger partial charge is 0.232 e. The maximum atomic E-state index is 12.6. The number of fused-ring (bicyclic) bond motifs is 1. The molecule has 5 nitrogen and oxygen atoms in total. The van der Waals surface area contributed by atoms with Gasteiger partial charge in [0.2, 0.25) is 5.91 Å². The van der Waals surface area contributed by atoms with Gasteiger partial charge in [0.05, 0.1) is 25.7 Å². The van der Waals surface area contributed by atoms with Gasteiger partial charge in [0.15, 0.2) is 0 Å². The Bertz CT molecular complexity index is 423. The van der Waals surface area contributed by atoms with Crippen molar-refractivity contribution in [2.75, 3.05) is 39.5 Å². The van der Waals surface area contributed by atoms with Crippen molar-refractivity contribution in [1.82, 2.24) is 4.90 Å². The number of nitrogens with zero attached hydrogens (tertiary/aromatic N) is 1. The number of rotatable bonds is 1. The summed E-state index contributed by atoms with van der Waals surface area (Å²) in [5, 5.41) is 0. The van der Waals surface area contributed by atoms with Crippen molar-refractivity contribution in [3.05, 3.63) is 23.5 Å². The lowest BCUT2D eigenvalue weighted by atomic mass is 9.90. The lowest BCUT2D eigenvalue weighted by Crippen LogP contribution is -2.48. The fraction of sp³-hybridized carbons (Fsp3) is 0.643. The van der Waals surface area contributed by atoms with Crippen LogP contribution < -0.4 is 0 Å². The molecule has 2 heterocycles. The van der Waals surface area contributed by atoms with Crippen LogP contribution in [0.3, 0.4) is 0 Å². The molecule has 2 fully saturated rings. The Labute approximate surface area is 112 Å². The van der Waals surface area contributed by atoms with Crippen LogP contribution in [0.25, 0.3) is 0 Å². The fourth-order valence-corrected chi connectivity index (χ4v) is 2.73. The topological polar surface area (TPSA) is 48.0 Å². The normalized spacial score (nSPS) is 30.9. The van der Waals surface area contributed by atoms with Crippen LogP contribution in [0, 0.1) is 5.92 Å². The molecule has 0 N–H and O–H groups in total. The summed E-state index contributed by atoms with van der Waals surface area (Å²) in [7, 11) is 0. The van der Waals surface area contributed by atoms with Gasteiger partial charge < -0.3 is 19.1 Å². The van der Waals surface area contributed by atoms with Gasteiger partial charge in [-0.15, -0.1) is 0 Å². The summed E-state index contributed by atoms with van der Waals surface area (Å²) < 4.78 is 16.7. The molecule has 0 aromatic carbocycles. The summed E-state index contributed by atoms with van der Waals surface area (Å²) in [6.07, 6.45) is 3.65. The SMILES string of the molecule is CC1=C2OCCOC2C(C(=O)N2CCOCC2)C=C1. The lowest BCUT2D eigenvalue weighted by Gasteiger charge is -2.37. The minimum Gasteiger partial charge on any atom is -0.492 e. The first-order valence-electron chi connectivity index (χ1n) is 6.77. The molecule has 1 amide bonds. The Balaban J connectivity index is 1.77. The molecule has 0 aromatic rings. The van der Waals surface area contributed by atoms with Crippen molar-refractivity contribution in [2.45, 2.75) is 13.0 Å². The Morgan fingerprint density at radius 1 is 1.26 bits per heavy atom. The molecule has 2 aliphatic heterocycles. The maximum Gasteiger partial charge on any atom is 0.232 e. The Morgan fingerprint density at radius 2 is 2.05 bits per heavy atom. The van der Waals surface area contributed by atoms with Gasteiger partial charge in [-0.05, 0) is 12.5 Å². The number of morpholine rings is 1. The van der Waals surface area contributed by atoms with E-state index in [-0.39, 0.29) is 17.9 Å². The van der Waals surface area contributed by atoms with Crippen LogP contribution in [0.15, 0.2) is 23.5 Å². The van der Waals surface area contributed by atoms with E-state index in [4.69, 9.17) is 14.2 Å². The first-order chi connectivity index (χ1) is 9.27. The number of hydrogen-bond acceptors (Lipinski definition) is 4. The summed E-state index contributed by atoms with van der Waals surface area (Å²) in [5.74, 6) is 0.664. The van der Waals surface area contributed by atoms with Gasteiger partial charge >= 0.3 is 0 Å². The van der Waals surface area contributed by atoms with Gasteiger partial charge in [0.25, 0.3) is 0 Å². The number of amides is 1. The highest BCUT2D eigenvalue weighted by molar-refractivity contribution is 5.82. The molecule has 2 atom stereocenters. The van der Waals surface area contributed by atoms with E-state index in [1.54, 1.807) is 0 Å². The fourth-order valence-electron chi connectivity index (χ4n) is 2.73. The minimum absolute atomic E-state index is 0.111. The van der Waals surface area contributed by atoms with E-state index in [1.807, 2.05) is 24.0 Å². The monoisotopic (exact) mass is 265 g/mol.